The average Bonchev–Trinajstić information content (AvgIpc) is 2.75. The van der Waals surface area contributed by atoms with E-state index in [0.29, 0.717) is 22.4 Å². The number of halogens is 1. The van der Waals surface area contributed by atoms with E-state index in [1.54, 1.807) is 20.8 Å². The Morgan fingerprint density at radius 3 is 1.79 bits per heavy atom. The van der Waals surface area contributed by atoms with Crippen LogP contribution in [0.4, 0.5) is 10.1 Å². The molecule has 124 valence electrons. The summed E-state index contributed by atoms with van der Waals surface area (Å²) in [6, 6.07) is 3.84. The Morgan fingerprint density at radius 1 is 0.750 bits per heavy atom. The fraction of sp³-hybridized carbons (Fsp3) is 0.300. The highest BCUT2D eigenvalue weighted by atomic mass is 19.1. The summed E-state index contributed by atoms with van der Waals surface area (Å²) in [5.74, 6) is -1.60. The third-order valence-electron chi connectivity index (χ3n) is 4.99. The van der Waals surface area contributed by atoms with Crippen molar-refractivity contribution >= 4 is 17.5 Å². The molecule has 4 heteroatoms. The lowest BCUT2D eigenvalue weighted by Gasteiger charge is -2.20. The number of anilines is 1. The molecule has 1 aliphatic heterocycles. The maximum atomic E-state index is 14.7. The first kappa shape index (κ1) is 16.4. The van der Waals surface area contributed by atoms with Crippen molar-refractivity contribution in [1.82, 2.24) is 0 Å². The zero-order valence-electron chi connectivity index (χ0n) is 14.8. The third-order valence-corrected chi connectivity index (χ3v) is 4.99. The molecule has 1 heterocycles. The Balaban J connectivity index is 2.30. The molecule has 0 aliphatic carbocycles. The van der Waals surface area contributed by atoms with Gasteiger partial charge in [-0.1, -0.05) is 17.7 Å². The van der Waals surface area contributed by atoms with Gasteiger partial charge < -0.3 is 0 Å². The van der Waals surface area contributed by atoms with Gasteiger partial charge in [0.25, 0.3) is 11.8 Å². The number of aryl methyl sites for hydroxylation is 3. The zero-order chi connectivity index (χ0) is 17.9. The van der Waals surface area contributed by atoms with Crippen LogP contribution < -0.4 is 4.90 Å². The Bertz CT molecular complexity index is 858. The van der Waals surface area contributed by atoms with Crippen molar-refractivity contribution in [3.8, 4) is 0 Å². The summed E-state index contributed by atoms with van der Waals surface area (Å²) in [7, 11) is 0. The number of hydrogen-bond donors (Lipinski definition) is 0. The second-order valence-electron chi connectivity index (χ2n) is 6.63. The van der Waals surface area contributed by atoms with E-state index in [1.165, 1.54) is 0 Å². The number of fused-ring (bicyclic) bond motifs is 1. The summed E-state index contributed by atoms with van der Waals surface area (Å²) in [5.41, 5.74) is 5.17. The fourth-order valence-electron chi connectivity index (χ4n) is 3.63. The highest BCUT2D eigenvalue weighted by molar-refractivity contribution is 6.35. The maximum absolute atomic E-state index is 14.7. The third kappa shape index (κ3) is 2.02. The van der Waals surface area contributed by atoms with E-state index >= 15 is 0 Å². The Morgan fingerprint density at radius 2 is 1.25 bits per heavy atom. The smallest absolute Gasteiger partial charge is 0.268 e. The van der Waals surface area contributed by atoms with Crippen LogP contribution in [0.1, 0.15) is 54.1 Å². The summed E-state index contributed by atoms with van der Waals surface area (Å²) in [6.07, 6.45) is 0. The molecule has 0 fully saturated rings. The van der Waals surface area contributed by atoms with E-state index in [0.717, 1.165) is 21.6 Å². The van der Waals surface area contributed by atoms with Gasteiger partial charge in [-0.15, -0.1) is 0 Å². The SMILES string of the molecule is Cc1cc(C)c(N2C(=O)c3c(C)c(C)c(C)c(F)c3C2=O)c(C)c1. The predicted molar refractivity (Wildman–Crippen MR) is 92.4 cm³/mol. The van der Waals surface area contributed by atoms with Gasteiger partial charge in [0.1, 0.15) is 5.82 Å². The molecule has 0 radical (unpaired) electrons. The van der Waals surface area contributed by atoms with E-state index in [-0.39, 0.29) is 11.1 Å². The molecule has 3 nitrogen and oxygen atoms in total. The Hall–Kier alpha value is -2.49. The minimum absolute atomic E-state index is 0.0972. The topological polar surface area (TPSA) is 37.4 Å². The van der Waals surface area contributed by atoms with Crippen LogP contribution >= 0.6 is 0 Å². The first-order valence-corrected chi connectivity index (χ1v) is 7.92. The molecule has 24 heavy (non-hydrogen) atoms. The largest absolute Gasteiger partial charge is 0.269 e. The first-order valence-electron chi connectivity index (χ1n) is 7.92. The molecule has 0 atom stereocenters. The van der Waals surface area contributed by atoms with E-state index in [2.05, 4.69) is 0 Å². The standard InChI is InChI=1S/C20H20FNO2/c1-9-7-10(2)18(11(3)8-9)22-19(23)15-13(5)12(4)14(6)17(21)16(15)20(22)24/h7-8H,1-6H3. The molecule has 0 bridgehead atoms. The van der Waals surface area contributed by atoms with Crippen LogP contribution in [0.15, 0.2) is 12.1 Å². The van der Waals surface area contributed by atoms with E-state index in [9.17, 15) is 14.0 Å². The zero-order valence-corrected chi connectivity index (χ0v) is 14.8. The van der Waals surface area contributed by atoms with Gasteiger partial charge in [0.2, 0.25) is 0 Å². The average molecular weight is 325 g/mol. The highest BCUT2D eigenvalue weighted by Crippen LogP contribution is 2.38. The molecule has 1 aliphatic rings. The van der Waals surface area contributed by atoms with E-state index < -0.39 is 17.6 Å². The lowest BCUT2D eigenvalue weighted by atomic mass is 9.94. The van der Waals surface area contributed by atoms with Crippen molar-refractivity contribution in [2.45, 2.75) is 41.5 Å². The molecule has 2 aromatic carbocycles. The second kappa shape index (κ2) is 5.26. The van der Waals surface area contributed by atoms with Crippen LogP contribution in [0, 0.1) is 47.4 Å². The van der Waals surface area contributed by atoms with Crippen LogP contribution in [0.3, 0.4) is 0 Å². The summed E-state index contributed by atoms with van der Waals surface area (Å²) in [4.78, 5) is 27.0. The lowest BCUT2D eigenvalue weighted by Crippen LogP contribution is -2.31. The van der Waals surface area contributed by atoms with Gasteiger partial charge in [0, 0.05) is 0 Å². The van der Waals surface area contributed by atoms with Gasteiger partial charge >= 0.3 is 0 Å². The molecule has 3 rings (SSSR count). The van der Waals surface area contributed by atoms with Gasteiger partial charge in [-0.25, -0.2) is 9.29 Å². The van der Waals surface area contributed by atoms with Gasteiger partial charge in [0.15, 0.2) is 0 Å². The molecule has 0 aromatic heterocycles. The molecule has 0 unspecified atom stereocenters. The molecule has 0 saturated carbocycles. The molecule has 0 saturated heterocycles. The molecule has 2 amide bonds. The number of carbonyl (C=O) groups is 2. The molecule has 0 N–H and O–H groups in total. The number of hydrogen-bond acceptors (Lipinski definition) is 2. The molecule has 0 spiro atoms. The Kier molecular flexibility index (Phi) is 3.59. The summed E-state index contributed by atoms with van der Waals surface area (Å²) < 4.78 is 14.7. The van der Waals surface area contributed by atoms with Crippen LogP contribution in [0.2, 0.25) is 0 Å². The van der Waals surface area contributed by atoms with Crippen molar-refractivity contribution in [2.75, 3.05) is 4.90 Å². The van der Waals surface area contributed by atoms with Crippen molar-refractivity contribution in [2.24, 2.45) is 0 Å². The molecular weight excluding hydrogens is 305 g/mol. The lowest BCUT2D eigenvalue weighted by molar-refractivity contribution is 0.0924. The Labute approximate surface area is 141 Å². The number of amides is 2. The highest BCUT2D eigenvalue weighted by Gasteiger charge is 2.42. The molecular formula is C20H20FNO2. The van der Waals surface area contributed by atoms with Gasteiger partial charge in [-0.3, -0.25) is 9.59 Å². The number of imide groups is 1. The number of nitrogens with zero attached hydrogens (tertiary/aromatic N) is 1. The van der Waals surface area contributed by atoms with Crippen molar-refractivity contribution in [3.05, 3.63) is 62.5 Å². The van der Waals surface area contributed by atoms with Crippen molar-refractivity contribution in [3.63, 3.8) is 0 Å². The quantitative estimate of drug-likeness (QED) is 0.725. The molecule has 2 aromatic rings. The monoisotopic (exact) mass is 325 g/mol. The van der Waals surface area contributed by atoms with Gasteiger partial charge in [-0.2, -0.15) is 0 Å². The number of carbonyl (C=O) groups excluding carboxylic acids is 2. The summed E-state index contributed by atoms with van der Waals surface area (Å²) >= 11 is 0. The maximum Gasteiger partial charge on any atom is 0.269 e. The summed E-state index contributed by atoms with van der Waals surface area (Å²) in [6.45, 7) is 10.9. The summed E-state index contributed by atoms with van der Waals surface area (Å²) in [5, 5.41) is 0. The minimum Gasteiger partial charge on any atom is -0.268 e. The fourth-order valence-corrected chi connectivity index (χ4v) is 3.63. The van der Waals surface area contributed by atoms with Crippen LogP contribution in [0.5, 0.6) is 0 Å². The predicted octanol–water partition coefficient (Wildman–Crippen LogP) is 4.48. The van der Waals surface area contributed by atoms with Gasteiger partial charge in [-0.05, 0) is 69.4 Å². The number of rotatable bonds is 1. The van der Waals surface area contributed by atoms with Crippen LogP contribution in [-0.2, 0) is 0 Å². The number of benzene rings is 2. The van der Waals surface area contributed by atoms with Crippen LogP contribution in [0.25, 0.3) is 0 Å². The van der Waals surface area contributed by atoms with Gasteiger partial charge in [0.05, 0.1) is 16.8 Å². The minimum atomic E-state index is -0.587. The van der Waals surface area contributed by atoms with E-state index in [1.807, 2.05) is 32.9 Å². The normalized spacial score (nSPS) is 13.7. The van der Waals surface area contributed by atoms with Crippen LogP contribution in [-0.4, -0.2) is 11.8 Å². The van der Waals surface area contributed by atoms with Crippen molar-refractivity contribution in [1.29, 1.82) is 0 Å². The van der Waals surface area contributed by atoms with Crippen molar-refractivity contribution < 1.29 is 14.0 Å². The second-order valence-corrected chi connectivity index (χ2v) is 6.63. The van der Waals surface area contributed by atoms with E-state index in [4.69, 9.17) is 0 Å². The first-order chi connectivity index (χ1) is 11.2.